The fourth-order valence-electron chi connectivity index (χ4n) is 3.21. The summed E-state index contributed by atoms with van der Waals surface area (Å²) in [6.07, 6.45) is 7.41. The Morgan fingerprint density at radius 3 is 3.14 bits per heavy atom. The van der Waals surface area contributed by atoms with E-state index in [2.05, 4.69) is 25.9 Å². The van der Waals surface area contributed by atoms with Gasteiger partial charge in [-0.3, -0.25) is 4.99 Å². The predicted octanol–water partition coefficient (Wildman–Crippen LogP) is -2.36. The monoisotopic (exact) mass is 372 g/mol. The first-order valence-electron chi connectivity index (χ1n) is 6.73. The highest BCUT2D eigenvalue weighted by Gasteiger charge is 2.42. The number of amidine groups is 1. The van der Waals surface area contributed by atoms with Gasteiger partial charge in [0.25, 0.3) is 4.74 Å². The van der Waals surface area contributed by atoms with Crippen LogP contribution in [0.5, 0.6) is 0 Å². The lowest BCUT2D eigenvalue weighted by Crippen LogP contribution is -3.07. The first-order chi connectivity index (χ1) is 9.74. The van der Waals surface area contributed by atoms with Gasteiger partial charge in [-0.25, -0.2) is 9.69 Å². The lowest BCUT2D eigenvalue weighted by atomic mass is 9.90. The van der Waals surface area contributed by atoms with E-state index < -0.39 is 0 Å². The molecule has 1 N–H and O–H groups in total. The van der Waals surface area contributed by atoms with Crippen LogP contribution in [0.25, 0.3) is 0 Å². The van der Waals surface area contributed by atoms with Crippen LogP contribution < -0.4 is 17.3 Å². The maximum Gasteiger partial charge on any atom is 0.410 e. The largest absolute Gasteiger partial charge is 1.00 e. The fourth-order valence-corrected chi connectivity index (χ4v) is 3.75. The van der Waals surface area contributed by atoms with Crippen LogP contribution in [0.15, 0.2) is 33.8 Å². The Morgan fingerprint density at radius 2 is 2.29 bits per heavy atom. The summed E-state index contributed by atoms with van der Waals surface area (Å²) >= 11 is 3.51. The summed E-state index contributed by atoms with van der Waals surface area (Å²) in [6.45, 7) is 1.23. The van der Waals surface area contributed by atoms with Gasteiger partial charge in [-0.15, -0.1) is 0 Å². The van der Waals surface area contributed by atoms with E-state index in [1.807, 2.05) is 17.3 Å². The normalized spacial score (nSPS) is 33.4. The van der Waals surface area contributed by atoms with Crippen molar-refractivity contribution >= 4 is 33.0 Å². The quantitative estimate of drug-likeness (QED) is 0.523. The van der Waals surface area contributed by atoms with Gasteiger partial charge in [0.15, 0.2) is 5.70 Å². The second kappa shape index (κ2) is 5.55. The highest BCUT2D eigenvalue weighted by Crippen LogP contribution is 2.33. The number of ether oxygens (including phenoxy) is 1. The number of rotatable bonds is 1. The molecule has 112 valence electrons. The van der Waals surface area contributed by atoms with Gasteiger partial charge in [0.1, 0.15) is 18.5 Å². The van der Waals surface area contributed by atoms with Crippen LogP contribution in [0.1, 0.15) is 12.8 Å². The van der Waals surface area contributed by atoms with Gasteiger partial charge in [-0.05, 0) is 12.8 Å². The molecular formula is C13H14BrClN4O2. The second-order valence-corrected chi connectivity index (χ2v) is 6.12. The Hall–Kier alpha value is -1.18. The first kappa shape index (κ1) is 14.7. The van der Waals surface area contributed by atoms with E-state index in [9.17, 15) is 4.79 Å². The van der Waals surface area contributed by atoms with E-state index in [4.69, 9.17) is 4.74 Å². The minimum atomic E-state index is -0.187. The molecule has 6 nitrogen and oxygen atoms in total. The average molecular weight is 374 g/mol. The van der Waals surface area contributed by atoms with E-state index in [1.165, 1.54) is 0 Å². The average Bonchev–Trinajstić information content (AvgIpc) is 3.01. The van der Waals surface area contributed by atoms with Crippen LogP contribution in [-0.2, 0) is 4.74 Å². The van der Waals surface area contributed by atoms with Gasteiger partial charge >= 0.3 is 6.09 Å². The number of allylic oxidation sites excluding steroid dienone is 1. The number of piperidine rings is 1. The molecule has 4 aliphatic heterocycles. The molecule has 2 saturated heterocycles. The van der Waals surface area contributed by atoms with Crippen LogP contribution in [-0.4, -0.2) is 41.1 Å². The van der Waals surface area contributed by atoms with Crippen molar-refractivity contribution in [2.24, 2.45) is 15.9 Å². The molecule has 4 rings (SSSR count). The highest BCUT2D eigenvalue weighted by atomic mass is 79.9. The smallest absolute Gasteiger partial charge is 0.410 e. The predicted molar refractivity (Wildman–Crippen MR) is 76.5 cm³/mol. The molecule has 4 aliphatic rings. The molecule has 0 radical (unpaired) electrons. The van der Waals surface area contributed by atoms with Gasteiger partial charge in [-0.1, -0.05) is 0 Å². The third kappa shape index (κ3) is 2.33. The number of nitrogens with one attached hydrogen (secondary N) is 1. The topological polar surface area (TPSA) is 58.7 Å². The van der Waals surface area contributed by atoms with Crippen molar-refractivity contribution < 1.29 is 26.8 Å². The lowest BCUT2D eigenvalue weighted by molar-refractivity contribution is -0.685. The van der Waals surface area contributed by atoms with Crippen LogP contribution in [0.3, 0.4) is 0 Å². The molecule has 0 saturated carbocycles. The summed E-state index contributed by atoms with van der Waals surface area (Å²) in [5, 5.41) is 0. The minimum Gasteiger partial charge on any atom is -1.00 e. The van der Waals surface area contributed by atoms with Crippen molar-refractivity contribution in [1.82, 2.24) is 4.90 Å². The molecule has 1 amide bonds. The number of hydrogen-bond donors (Lipinski definition) is 1. The molecule has 8 heteroatoms. The summed E-state index contributed by atoms with van der Waals surface area (Å²) in [5.74, 6) is 0.259. The zero-order chi connectivity index (χ0) is 13.7. The lowest BCUT2D eigenvalue weighted by Gasteiger charge is -2.32. The number of amides is 1. The summed E-state index contributed by atoms with van der Waals surface area (Å²) < 4.78 is 5.98. The van der Waals surface area contributed by atoms with Gasteiger partial charge in [0.05, 0.1) is 18.5 Å². The maximum atomic E-state index is 11.7. The number of aliphatic imine (C=N–C) groups is 2. The van der Waals surface area contributed by atoms with E-state index in [0.717, 1.165) is 33.9 Å². The number of cyclic esters (lactones) is 1. The number of carbonyl (C=O) groups is 1. The van der Waals surface area contributed by atoms with Crippen LogP contribution in [0, 0.1) is 5.92 Å². The maximum absolute atomic E-state index is 11.7. The molecule has 3 atom stereocenters. The zero-order valence-electron chi connectivity index (χ0n) is 11.1. The summed E-state index contributed by atoms with van der Waals surface area (Å²) in [4.78, 5) is 23.5. The van der Waals surface area contributed by atoms with Crippen molar-refractivity contribution in [1.29, 1.82) is 0 Å². The number of hydrogen-bond acceptors (Lipinski definition) is 4. The summed E-state index contributed by atoms with van der Waals surface area (Å²) in [7, 11) is 0. The van der Waals surface area contributed by atoms with Crippen LogP contribution in [0.2, 0.25) is 0 Å². The summed E-state index contributed by atoms with van der Waals surface area (Å²) in [6, 6.07) is 0.251. The number of nitrogens with zero attached hydrogens (tertiary/aromatic N) is 3. The molecule has 0 aromatic heterocycles. The molecule has 2 fully saturated rings. The molecule has 0 spiro atoms. The van der Waals surface area contributed by atoms with Crippen LogP contribution in [0.4, 0.5) is 4.79 Å². The SMILES string of the molecule is O=C1OC[C@H]2CC[C@H](C3=C4C=NC=C[NH+]4C(Br)=N3)CN12.[Cl-]. The van der Waals surface area contributed by atoms with E-state index in [-0.39, 0.29) is 30.5 Å². The molecule has 4 heterocycles. The number of fused-ring (bicyclic) bond motifs is 2. The highest BCUT2D eigenvalue weighted by molar-refractivity contribution is 9.18. The number of halogens is 2. The van der Waals surface area contributed by atoms with Gasteiger partial charge in [0, 0.05) is 28.4 Å². The second-order valence-electron chi connectivity index (χ2n) is 5.37. The standard InChI is InChI=1S/C13H13BrN4O2.ClH/c14-12-16-11(10-5-15-3-4-17(10)12)8-1-2-9-7-20-13(19)18(9)6-8;/h3-5,8-9H,1-2,6-7H2;1H/t8-,9+;/m0./s1. The van der Waals surface area contributed by atoms with Crippen molar-refractivity contribution in [2.75, 3.05) is 13.2 Å². The fraction of sp³-hybridized carbons (Fsp3) is 0.462. The van der Waals surface area contributed by atoms with Crippen molar-refractivity contribution in [2.45, 2.75) is 18.9 Å². The van der Waals surface area contributed by atoms with Gasteiger partial charge < -0.3 is 22.0 Å². The minimum absolute atomic E-state index is 0. The molecule has 0 aliphatic carbocycles. The third-order valence-electron chi connectivity index (χ3n) is 4.26. The third-order valence-corrected chi connectivity index (χ3v) is 4.87. The molecule has 0 aromatic carbocycles. The molecule has 21 heavy (non-hydrogen) atoms. The molecule has 1 unspecified atom stereocenters. The van der Waals surface area contributed by atoms with E-state index in [1.54, 1.807) is 6.20 Å². The molecule has 0 aromatic rings. The Balaban J connectivity index is 0.00000132. The van der Waals surface area contributed by atoms with Crippen LogP contribution >= 0.6 is 15.9 Å². The van der Waals surface area contributed by atoms with Gasteiger partial charge in [0.2, 0.25) is 0 Å². The molecular weight excluding hydrogens is 360 g/mol. The number of quaternary nitrogens is 1. The Labute approximate surface area is 136 Å². The number of carbonyl (C=O) groups excluding carboxylic acids is 1. The van der Waals surface area contributed by atoms with Gasteiger partial charge in [-0.2, -0.15) is 4.99 Å². The van der Waals surface area contributed by atoms with Crippen molar-refractivity contribution in [3.8, 4) is 0 Å². The van der Waals surface area contributed by atoms with Crippen molar-refractivity contribution in [3.63, 3.8) is 0 Å². The zero-order valence-corrected chi connectivity index (χ0v) is 13.5. The Bertz CT molecular complexity index is 601. The van der Waals surface area contributed by atoms with E-state index in [0.29, 0.717) is 13.2 Å². The Kier molecular flexibility index (Phi) is 3.90. The van der Waals surface area contributed by atoms with E-state index >= 15 is 0 Å². The molecule has 0 bridgehead atoms. The van der Waals surface area contributed by atoms with Crippen molar-refractivity contribution in [3.05, 3.63) is 23.8 Å². The first-order valence-corrected chi connectivity index (χ1v) is 7.52. The summed E-state index contributed by atoms with van der Waals surface area (Å²) in [5.41, 5.74) is 2.12. The Morgan fingerprint density at radius 1 is 1.43 bits per heavy atom.